The summed E-state index contributed by atoms with van der Waals surface area (Å²) in [5.74, 6) is 0.216. The number of hydrogen-bond acceptors (Lipinski definition) is 3. The van der Waals surface area contributed by atoms with E-state index in [0.29, 0.717) is 11.4 Å². The highest BCUT2D eigenvalue weighted by Gasteiger charge is 2.28. The fraction of sp³-hybridized carbons (Fsp3) is 0.545. The molecule has 0 unspecified atom stereocenters. The van der Waals surface area contributed by atoms with Crippen LogP contribution in [0.5, 0.6) is 0 Å². The topological polar surface area (TPSA) is 41.4 Å². The number of carbonyl (C=O) groups excluding carboxylic acids is 1. The Balaban J connectivity index is 1.41. The predicted octanol–water partition coefficient (Wildman–Crippen LogP) is 3.77. The zero-order valence-electron chi connectivity index (χ0n) is 16.8. The summed E-state index contributed by atoms with van der Waals surface area (Å²) >= 11 is 6.00. The lowest BCUT2D eigenvalue weighted by molar-refractivity contribution is -0.132. The fourth-order valence-corrected chi connectivity index (χ4v) is 4.76. The van der Waals surface area contributed by atoms with Crippen molar-refractivity contribution in [2.45, 2.75) is 52.0 Å². The third kappa shape index (κ3) is 3.96. The molecule has 0 spiro atoms. The van der Waals surface area contributed by atoms with Crippen molar-refractivity contribution in [3.63, 3.8) is 0 Å². The van der Waals surface area contributed by atoms with Gasteiger partial charge in [0.1, 0.15) is 0 Å². The van der Waals surface area contributed by atoms with E-state index in [1.165, 1.54) is 25.7 Å². The molecule has 2 fully saturated rings. The third-order valence-electron chi connectivity index (χ3n) is 6.35. The van der Waals surface area contributed by atoms with Gasteiger partial charge in [-0.3, -0.25) is 9.69 Å². The quantitative estimate of drug-likeness (QED) is 0.784. The molecule has 1 saturated carbocycles. The van der Waals surface area contributed by atoms with Gasteiger partial charge in [-0.2, -0.15) is 5.10 Å². The highest BCUT2D eigenvalue weighted by molar-refractivity contribution is 6.30. The number of aryl methyl sites for hydroxylation is 1. The molecule has 4 rings (SSSR count). The van der Waals surface area contributed by atoms with Crippen LogP contribution in [0.2, 0.25) is 5.02 Å². The second-order valence-corrected chi connectivity index (χ2v) is 8.51. The van der Waals surface area contributed by atoms with Crippen LogP contribution in [0.3, 0.4) is 0 Å². The number of halogens is 1. The number of carbonyl (C=O) groups is 1. The lowest BCUT2D eigenvalue weighted by atomic mass is 10.1. The molecule has 1 aliphatic heterocycles. The van der Waals surface area contributed by atoms with Gasteiger partial charge in [0.25, 0.3) is 0 Å². The summed E-state index contributed by atoms with van der Waals surface area (Å²) in [6.45, 7) is 7.74. The molecule has 6 heteroatoms. The SMILES string of the molecule is Cc1nn(-c2ccc(Cl)cc2)c(C)c1CC(=O)N1CCN(C2CCCC2)CC1. The van der Waals surface area contributed by atoms with E-state index in [4.69, 9.17) is 11.6 Å². The van der Waals surface area contributed by atoms with Crippen molar-refractivity contribution in [3.8, 4) is 5.69 Å². The molecule has 0 bridgehead atoms. The van der Waals surface area contributed by atoms with E-state index in [-0.39, 0.29) is 5.91 Å². The molecule has 1 amide bonds. The Bertz CT molecular complexity index is 831. The van der Waals surface area contributed by atoms with Gasteiger partial charge in [-0.25, -0.2) is 4.68 Å². The summed E-state index contributed by atoms with van der Waals surface area (Å²) in [5, 5.41) is 5.37. The van der Waals surface area contributed by atoms with Gasteiger partial charge in [0.2, 0.25) is 5.91 Å². The van der Waals surface area contributed by atoms with Crippen LogP contribution >= 0.6 is 11.6 Å². The number of rotatable bonds is 4. The van der Waals surface area contributed by atoms with E-state index >= 15 is 0 Å². The zero-order valence-corrected chi connectivity index (χ0v) is 17.6. The fourth-order valence-electron chi connectivity index (χ4n) is 4.63. The Kier molecular flexibility index (Phi) is 5.74. The molecule has 150 valence electrons. The molecular formula is C22H29ClN4O. The van der Waals surface area contributed by atoms with E-state index in [2.05, 4.69) is 10.00 Å². The maximum Gasteiger partial charge on any atom is 0.227 e. The molecular weight excluding hydrogens is 372 g/mol. The molecule has 2 aromatic rings. The average Bonchev–Trinajstić information content (AvgIpc) is 3.33. The van der Waals surface area contributed by atoms with Gasteiger partial charge in [0.05, 0.1) is 17.8 Å². The van der Waals surface area contributed by atoms with E-state index < -0.39 is 0 Å². The molecule has 1 aliphatic carbocycles. The van der Waals surface area contributed by atoms with Crippen LogP contribution in [0.25, 0.3) is 5.69 Å². The van der Waals surface area contributed by atoms with Crippen molar-refractivity contribution in [3.05, 3.63) is 46.2 Å². The summed E-state index contributed by atoms with van der Waals surface area (Å²) in [7, 11) is 0. The first-order chi connectivity index (χ1) is 13.5. The molecule has 2 heterocycles. The highest BCUT2D eigenvalue weighted by Crippen LogP contribution is 2.25. The van der Waals surface area contributed by atoms with Gasteiger partial charge < -0.3 is 4.90 Å². The van der Waals surface area contributed by atoms with Crippen LogP contribution in [-0.2, 0) is 11.2 Å². The third-order valence-corrected chi connectivity index (χ3v) is 6.60. The zero-order chi connectivity index (χ0) is 19.7. The van der Waals surface area contributed by atoms with Crippen LogP contribution in [0.1, 0.15) is 42.6 Å². The second-order valence-electron chi connectivity index (χ2n) is 8.07. The van der Waals surface area contributed by atoms with E-state index in [1.807, 2.05) is 47.7 Å². The summed E-state index contributed by atoms with van der Waals surface area (Å²) < 4.78 is 1.91. The monoisotopic (exact) mass is 400 g/mol. The Hall–Kier alpha value is -1.85. The number of amides is 1. The van der Waals surface area contributed by atoms with Gasteiger partial charge in [-0.15, -0.1) is 0 Å². The lowest BCUT2D eigenvalue weighted by Crippen LogP contribution is -2.51. The molecule has 0 N–H and O–H groups in total. The van der Waals surface area contributed by atoms with Crippen molar-refractivity contribution in [1.82, 2.24) is 19.6 Å². The van der Waals surface area contributed by atoms with Crippen molar-refractivity contribution < 1.29 is 4.79 Å². The van der Waals surface area contributed by atoms with E-state index in [1.54, 1.807) is 0 Å². The standard InChI is InChI=1S/C22H29ClN4O/c1-16-21(17(2)27(24-16)20-9-7-18(23)8-10-20)15-22(28)26-13-11-25(12-14-26)19-5-3-4-6-19/h7-10,19H,3-6,11-15H2,1-2H3. The summed E-state index contributed by atoms with van der Waals surface area (Å²) in [6, 6.07) is 8.38. The maximum atomic E-state index is 12.9. The minimum absolute atomic E-state index is 0.216. The first kappa shape index (κ1) is 19.5. The molecule has 0 atom stereocenters. The van der Waals surface area contributed by atoms with Crippen molar-refractivity contribution >= 4 is 17.5 Å². The largest absolute Gasteiger partial charge is 0.340 e. The van der Waals surface area contributed by atoms with Crippen molar-refractivity contribution in [2.24, 2.45) is 0 Å². The molecule has 2 aliphatic rings. The first-order valence-electron chi connectivity index (χ1n) is 10.4. The van der Waals surface area contributed by atoms with Gasteiger partial charge in [-0.1, -0.05) is 24.4 Å². The second kappa shape index (κ2) is 8.26. The Morgan fingerprint density at radius 1 is 1.07 bits per heavy atom. The Morgan fingerprint density at radius 2 is 1.71 bits per heavy atom. The van der Waals surface area contributed by atoms with E-state index in [0.717, 1.165) is 54.9 Å². The predicted molar refractivity (Wildman–Crippen MR) is 112 cm³/mol. The molecule has 1 aromatic heterocycles. The average molecular weight is 401 g/mol. The van der Waals surface area contributed by atoms with Crippen LogP contribution in [-0.4, -0.2) is 57.7 Å². The minimum Gasteiger partial charge on any atom is -0.340 e. The molecule has 28 heavy (non-hydrogen) atoms. The van der Waals surface area contributed by atoms with Crippen LogP contribution in [0, 0.1) is 13.8 Å². The van der Waals surface area contributed by atoms with Crippen LogP contribution in [0.4, 0.5) is 0 Å². The molecule has 0 radical (unpaired) electrons. The van der Waals surface area contributed by atoms with E-state index in [9.17, 15) is 4.79 Å². The summed E-state index contributed by atoms with van der Waals surface area (Å²) in [5.41, 5.74) is 3.95. The smallest absolute Gasteiger partial charge is 0.227 e. The van der Waals surface area contributed by atoms with Crippen molar-refractivity contribution in [2.75, 3.05) is 26.2 Å². The van der Waals surface area contributed by atoms with Gasteiger partial charge in [-0.05, 0) is 51.0 Å². The number of benzene rings is 1. The lowest BCUT2D eigenvalue weighted by Gasteiger charge is -2.38. The van der Waals surface area contributed by atoms with Crippen LogP contribution in [0.15, 0.2) is 24.3 Å². The Labute approximate surface area is 172 Å². The van der Waals surface area contributed by atoms with Gasteiger partial charge >= 0.3 is 0 Å². The molecule has 1 saturated heterocycles. The van der Waals surface area contributed by atoms with Gasteiger partial charge in [0, 0.05) is 48.5 Å². The molecule has 1 aromatic carbocycles. The molecule has 5 nitrogen and oxygen atoms in total. The van der Waals surface area contributed by atoms with Crippen LogP contribution < -0.4 is 0 Å². The summed E-state index contributed by atoms with van der Waals surface area (Å²) in [6.07, 6.45) is 5.81. The number of hydrogen-bond donors (Lipinski definition) is 0. The maximum absolute atomic E-state index is 12.9. The van der Waals surface area contributed by atoms with Crippen molar-refractivity contribution in [1.29, 1.82) is 0 Å². The number of aromatic nitrogens is 2. The Morgan fingerprint density at radius 3 is 2.36 bits per heavy atom. The number of piperazine rings is 1. The normalized spacial score (nSPS) is 18.8. The van der Waals surface area contributed by atoms with Gasteiger partial charge in [0.15, 0.2) is 0 Å². The number of nitrogens with zero attached hydrogens (tertiary/aromatic N) is 4. The minimum atomic E-state index is 0.216. The summed E-state index contributed by atoms with van der Waals surface area (Å²) in [4.78, 5) is 17.6. The first-order valence-corrected chi connectivity index (χ1v) is 10.7. The highest BCUT2D eigenvalue weighted by atomic mass is 35.5.